The van der Waals surface area contributed by atoms with Crippen molar-refractivity contribution >= 4 is 16.7 Å². The largest absolute Gasteiger partial charge is 0.497 e. The molecule has 1 atom stereocenters. The lowest BCUT2D eigenvalue weighted by Gasteiger charge is -2.10. The molecule has 94 valence electrons. The number of ether oxygens (including phenoxy) is 2. The van der Waals surface area contributed by atoms with Gasteiger partial charge in [0, 0.05) is 4.11 Å². The molecule has 2 rings (SSSR count). The van der Waals surface area contributed by atoms with Gasteiger partial charge in [0.25, 0.3) is 0 Å². The average molecular weight is 248 g/mol. The van der Waals surface area contributed by atoms with Gasteiger partial charge in [0.15, 0.2) is 0 Å². The molecule has 1 unspecified atom stereocenters. The van der Waals surface area contributed by atoms with Gasteiger partial charge in [0.05, 0.1) is 20.1 Å². The lowest BCUT2D eigenvalue weighted by molar-refractivity contribution is -0.141. The highest BCUT2D eigenvalue weighted by molar-refractivity contribution is 5.86. The molecule has 0 aliphatic rings. The highest BCUT2D eigenvalue weighted by atomic mass is 16.5. The van der Waals surface area contributed by atoms with Crippen LogP contribution in [0.15, 0.2) is 36.4 Å². The third-order valence-electron chi connectivity index (χ3n) is 2.84. The second kappa shape index (κ2) is 5.08. The summed E-state index contributed by atoms with van der Waals surface area (Å²) in [5, 5.41) is 1.75. The summed E-state index contributed by atoms with van der Waals surface area (Å²) >= 11 is 0. The third kappa shape index (κ3) is 2.30. The van der Waals surface area contributed by atoms with Gasteiger partial charge < -0.3 is 9.47 Å². The minimum atomic E-state index is -2.45. The van der Waals surface area contributed by atoms with Crippen LogP contribution in [0.25, 0.3) is 10.8 Å². The van der Waals surface area contributed by atoms with Crippen LogP contribution in [0.1, 0.15) is 22.4 Å². The number of carbonyl (C=O) groups is 1. The van der Waals surface area contributed by atoms with E-state index in [0.717, 1.165) is 16.5 Å². The van der Waals surface area contributed by atoms with E-state index < -0.39 is 18.7 Å². The first-order valence-corrected chi connectivity index (χ1v) is 5.52. The number of fused-ring (bicyclic) bond motifs is 1. The first-order valence-electron chi connectivity index (χ1n) is 7.02. The Morgan fingerprint density at radius 1 is 1.17 bits per heavy atom. The maximum absolute atomic E-state index is 11.8. The molecule has 0 aromatic heterocycles. The van der Waals surface area contributed by atoms with Crippen LogP contribution in [0.4, 0.5) is 0 Å². The lowest BCUT2D eigenvalue weighted by Crippen LogP contribution is -2.10. The second-order valence-electron chi connectivity index (χ2n) is 3.93. The Morgan fingerprint density at radius 3 is 2.56 bits per heavy atom. The fourth-order valence-electron chi connectivity index (χ4n) is 1.80. The maximum atomic E-state index is 11.8. The molecule has 0 bridgehead atoms. The molecule has 0 heterocycles. The summed E-state index contributed by atoms with van der Waals surface area (Å²) in [7, 11) is 2.77. The third-order valence-corrected chi connectivity index (χ3v) is 2.84. The highest BCUT2D eigenvalue weighted by Gasteiger charge is 2.15. The maximum Gasteiger partial charge on any atom is 0.312 e. The van der Waals surface area contributed by atoms with E-state index in [1.807, 2.05) is 12.1 Å². The number of esters is 1. The van der Waals surface area contributed by atoms with Gasteiger partial charge in [-0.15, -0.1) is 0 Å². The molecule has 0 spiro atoms. The molecule has 18 heavy (non-hydrogen) atoms. The van der Waals surface area contributed by atoms with Gasteiger partial charge in [-0.1, -0.05) is 24.3 Å². The second-order valence-corrected chi connectivity index (χ2v) is 3.93. The number of hydrogen-bond donors (Lipinski definition) is 0. The fraction of sp³-hybridized carbons (Fsp3) is 0.267. The zero-order valence-corrected chi connectivity index (χ0v) is 10.3. The number of carbonyl (C=O) groups excluding carboxylic acids is 1. The van der Waals surface area contributed by atoms with Crippen molar-refractivity contribution in [1.82, 2.24) is 0 Å². The molecule has 2 aromatic rings. The predicted molar refractivity (Wildman–Crippen MR) is 70.9 cm³/mol. The van der Waals surface area contributed by atoms with E-state index >= 15 is 0 Å². The van der Waals surface area contributed by atoms with Gasteiger partial charge in [0.1, 0.15) is 5.75 Å². The van der Waals surface area contributed by atoms with E-state index in [0.29, 0.717) is 5.56 Å². The molecule has 3 heteroatoms. The first kappa shape index (κ1) is 8.97. The van der Waals surface area contributed by atoms with Crippen molar-refractivity contribution in [2.24, 2.45) is 0 Å². The van der Waals surface area contributed by atoms with Gasteiger partial charge in [0.2, 0.25) is 0 Å². The van der Waals surface area contributed by atoms with Crippen molar-refractivity contribution in [2.75, 3.05) is 14.2 Å². The molecular weight excluding hydrogens is 229 g/mol. The summed E-state index contributed by atoms with van der Waals surface area (Å²) in [6.07, 6.45) is 0. The molecule has 0 saturated carbocycles. The van der Waals surface area contributed by atoms with Crippen LogP contribution >= 0.6 is 0 Å². The minimum absolute atomic E-state index is 0.416. The molecule has 0 saturated heterocycles. The number of methoxy groups -OCH3 is 2. The van der Waals surface area contributed by atoms with Gasteiger partial charge in [-0.3, -0.25) is 4.79 Å². The van der Waals surface area contributed by atoms with E-state index in [2.05, 4.69) is 4.74 Å². The van der Waals surface area contributed by atoms with Crippen molar-refractivity contribution in [3.05, 3.63) is 42.0 Å². The summed E-state index contributed by atoms with van der Waals surface area (Å²) in [5.41, 5.74) is 0.416. The van der Waals surface area contributed by atoms with E-state index in [-0.39, 0.29) is 0 Å². The van der Waals surface area contributed by atoms with Gasteiger partial charge in [-0.05, 0) is 35.3 Å². The zero-order valence-electron chi connectivity index (χ0n) is 13.3. The number of hydrogen-bond acceptors (Lipinski definition) is 3. The van der Waals surface area contributed by atoms with Crippen LogP contribution in [0.5, 0.6) is 5.75 Å². The Labute approximate surface area is 111 Å². The Balaban J connectivity index is 2.52. The van der Waals surface area contributed by atoms with Crippen LogP contribution in [-0.2, 0) is 9.53 Å². The van der Waals surface area contributed by atoms with E-state index in [4.69, 9.17) is 8.85 Å². The highest BCUT2D eigenvalue weighted by Crippen LogP contribution is 2.25. The SMILES string of the molecule is [2H][13C]([2H])([2H])C(C(=O)OC)c1ccc2cc(OC)ccc2c1. The quantitative estimate of drug-likeness (QED) is 0.618. The average Bonchev–Trinajstić information content (AvgIpc) is 2.45. The topological polar surface area (TPSA) is 35.5 Å². The van der Waals surface area contributed by atoms with Crippen molar-refractivity contribution in [1.29, 1.82) is 0 Å². The van der Waals surface area contributed by atoms with Crippen LogP contribution in [0.2, 0.25) is 0 Å². The molecule has 0 aliphatic heterocycles. The Morgan fingerprint density at radius 2 is 1.89 bits per heavy atom. The molecule has 0 N–H and O–H groups in total. The van der Waals surface area contributed by atoms with Crippen molar-refractivity contribution < 1.29 is 18.4 Å². The van der Waals surface area contributed by atoms with Crippen molar-refractivity contribution in [3.8, 4) is 5.75 Å². The van der Waals surface area contributed by atoms with Crippen LogP contribution in [-0.4, -0.2) is 20.2 Å². The standard InChI is InChI=1S/C15H16O3/c1-10(15(16)18-3)11-4-5-13-9-14(17-2)7-6-12(13)8-11/h4-10H,1-3H3/i1+1D3. The summed E-state index contributed by atoms with van der Waals surface area (Å²) in [5.74, 6) is -1.33. The molecule has 0 fully saturated rings. The smallest absolute Gasteiger partial charge is 0.312 e. The molecule has 0 aliphatic carbocycles. The molecular formula is C15H16O3. The van der Waals surface area contributed by atoms with Gasteiger partial charge in [-0.2, -0.15) is 0 Å². The minimum Gasteiger partial charge on any atom is -0.497 e. The Kier molecular flexibility index (Phi) is 2.54. The van der Waals surface area contributed by atoms with Crippen molar-refractivity contribution in [2.45, 2.75) is 12.8 Å². The van der Waals surface area contributed by atoms with Crippen LogP contribution < -0.4 is 4.74 Å². The summed E-state index contributed by atoms with van der Waals surface area (Å²) in [6, 6.07) is 10.6. The first-order chi connectivity index (χ1) is 9.86. The predicted octanol–water partition coefficient (Wildman–Crippen LogP) is 3.12. The monoisotopic (exact) mass is 248 g/mol. The Hall–Kier alpha value is -2.03. The van der Waals surface area contributed by atoms with Crippen LogP contribution in [0.3, 0.4) is 0 Å². The number of benzene rings is 2. The lowest BCUT2D eigenvalue weighted by atomic mass is 10.0. The van der Waals surface area contributed by atoms with Gasteiger partial charge >= 0.3 is 5.97 Å². The Bertz CT molecular complexity index is 665. The van der Waals surface area contributed by atoms with E-state index in [1.165, 1.54) is 7.11 Å². The normalized spacial score (nSPS) is 15.3. The summed E-state index contributed by atoms with van der Waals surface area (Å²) in [6.45, 7) is -2.45. The summed E-state index contributed by atoms with van der Waals surface area (Å²) < 4.78 is 32.4. The summed E-state index contributed by atoms with van der Waals surface area (Å²) in [4.78, 5) is 11.8. The fourth-order valence-corrected chi connectivity index (χ4v) is 1.80. The molecule has 2 aromatic carbocycles. The van der Waals surface area contributed by atoms with Gasteiger partial charge in [-0.25, -0.2) is 0 Å². The number of rotatable bonds is 3. The van der Waals surface area contributed by atoms with Crippen molar-refractivity contribution in [3.63, 3.8) is 0 Å². The molecule has 0 radical (unpaired) electrons. The zero-order chi connectivity index (χ0) is 15.6. The van der Waals surface area contributed by atoms with Crippen LogP contribution in [0, 0.1) is 0 Å². The molecule has 3 nitrogen and oxygen atoms in total. The van der Waals surface area contributed by atoms with E-state index in [9.17, 15) is 4.79 Å². The molecule has 0 amide bonds. The van der Waals surface area contributed by atoms with E-state index in [1.54, 1.807) is 31.4 Å².